The van der Waals surface area contributed by atoms with Gasteiger partial charge in [0.2, 0.25) is 10.0 Å². The summed E-state index contributed by atoms with van der Waals surface area (Å²) in [6, 6.07) is 0.408. The molecule has 1 aromatic rings. The fourth-order valence-electron chi connectivity index (χ4n) is 3.11. The van der Waals surface area contributed by atoms with E-state index < -0.39 is 27.5 Å². The van der Waals surface area contributed by atoms with E-state index in [0.29, 0.717) is 6.61 Å². The lowest BCUT2D eigenvalue weighted by molar-refractivity contribution is -0.0194. The third-order valence-electron chi connectivity index (χ3n) is 4.15. The second-order valence-corrected chi connectivity index (χ2v) is 7.96. The number of nitrogens with one attached hydrogen (secondary N) is 3. The zero-order valence-electron chi connectivity index (χ0n) is 12.2. The molecule has 0 bridgehead atoms. The fraction of sp³-hybridized carbons (Fsp3) is 0.538. The van der Waals surface area contributed by atoms with Crippen LogP contribution in [0.5, 0.6) is 0 Å². The first-order valence-corrected chi connectivity index (χ1v) is 9.31. The average Bonchev–Trinajstić information content (AvgIpc) is 2.89. The maximum atomic E-state index is 12.3. The highest BCUT2D eigenvalue weighted by Gasteiger charge is 2.55. The summed E-state index contributed by atoms with van der Waals surface area (Å²) in [6.07, 6.45) is 2.86. The van der Waals surface area contributed by atoms with Crippen molar-refractivity contribution in [1.29, 1.82) is 0 Å². The van der Waals surface area contributed by atoms with E-state index in [1.165, 1.54) is 12.3 Å². The lowest BCUT2D eigenvalue weighted by Crippen LogP contribution is -2.70. The van der Waals surface area contributed by atoms with Gasteiger partial charge in [-0.05, 0) is 12.5 Å². The Kier molecular flexibility index (Phi) is 4.21. The van der Waals surface area contributed by atoms with Gasteiger partial charge >= 0.3 is 0 Å². The van der Waals surface area contributed by atoms with Gasteiger partial charge in [0.05, 0.1) is 30.0 Å². The molecule has 1 saturated carbocycles. The normalized spacial score (nSPS) is 29.7. The van der Waals surface area contributed by atoms with Gasteiger partial charge in [-0.1, -0.05) is 11.6 Å². The standard InChI is InChI=1S/C13H16ClN3O5S/c1-23(20,21)17-10-9(7-2-3-22-11(7)10)16-12(18)6-4-8(14)13(19)15-5-6/h4-5,7,9-11,17H,2-3H2,1H3,(H,15,19)(H,16,18)/t7-,9+,10-,11-/m0/s1. The topological polar surface area (TPSA) is 117 Å². The van der Waals surface area contributed by atoms with Crippen LogP contribution in [0.4, 0.5) is 0 Å². The first-order valence-electron chi connectivity index (χ1n) is 7.04. The number of pyridine rings is 1. The van der Waals surface area contributed by atoms with E-state index in [2.05, 4.69) is 15.0 Å². The number of fused-ring (bicyclic) bond motifs is 1. The number of hydrogen-bond acceptors (Lipinski definition) is 5. The number of ether oxygens (including phenoxy) is 1. The molecule has 1 saturated heterocycles. The molecule has 0 radical (unpaired) electrons. The highest BCUT2D eigenvalue weighted by molar-refractivity contribution is 7.88. The van der Waals surface area contributed by atoms with Crippen molar-refractivity contribution in [3.63, 3.8) is 0 Å². The number of rotatable bonds is 4. The number of carbonyl (C=O) groups is 1. The maximum Gasteiger partial charge on any atom is 0.266 e. The van der Waals surface area contributed by atoms with E-state index in [9.17, 15) is 18.0 Å². The average molecular weight is 362 g/mol. The number of aromatic amines is 1. The van der Waals surface area contributed by atoms with Crippen LogP contribution in [0.25, 0.3) is 0 Å². The van der Waals surface area contributed by atoms with Crippen molar-refractivity contribution < 1.29 is 17.9 Å². The Hall–Kier alpha value is -1.42. The van der Waals surface area contributed by atoms with Crippen LogP contribution in [-0.4, -0.2) is 50.4 Å². The summed E-state index contributed by atoms with van der Waals surface area (Å²) in [4.78, 5) is 25.9. The minimum Gasteiger partial charge on any atom is -0.376 e. The highest BCUT2D eigenvalue weighted by Crippen LogP contribution is 2.39. The molecule has 8 nitrogen and oxygen atoms in total. The first-order chi connectivity index (χ1) is 10.8. The van der Waals surface area contributed by atoms with Gasteiger partial charge in [-0.3, -0.25) is 9.59 Å². The van der Waals surface area contributed by atoms with Crippen LogP contribution in [-0.2, 0) is 14.8 Å². The third-order valence-corrected chi connectivity index (χ3v) is 5.13. The number of sulfonamides is 1. The maximum absolute atomic E-state index is 12.3. The van der Waals surface area contributed by atoms with E-state index in [0.717, 1.165) is 12.7 Å². The minimum atomic E-state index is -3.42. The molecular formula is C13H16ClN3O5S. The summed E-state index contributed by atoms with van der Waals surface area (Å²) in [5.74, 6) is -0.366. The number of amides is 1. The Morgan fingerprint density at radius 3 is 2.83 bits per heavy atom. The summed E-state index contributed by atoms with van der Waals surface area (Å²) in [7, 11) is -3.42. The molecule has 2 heterocycles. The molecule has 23 heavy (non-hydrogen) atoms. The van der Waals surface area contributed by atoms with Crippen LogP contribution in [0.1, 0.15) is 16.8 Å². The van der Waals surface area contributed by atoms with Crippen molar-refractivity contribution in [2.45, 2.75) is 24.6 Å². The zero-order valence-corrected chi connectivity index (χ0v) is 13.8. The van der Waals surface area contributed by atoms with Crippen molar-refractivity contribution in [2.24, 2.45) is 5.92 Å². The van der Waals surface area contributed by atoms with Gasteiger partial charge in [0.1, 0.15) is 5.02 Å². The van der Waals surface area contributed by atoms with E-state index in [1.54, 1.807) is 0 Å². The second kappa shape index (κ2) is 5.90. The SMILES string of the molecule is CS(=O)(=O)N[C@H]1[C@H](NC(=O)c2c[nH]c(=O)c(Cl)c2)[C@@H]2CCO[C@@H]21. The second-order valence-electron chi connectivity index (χ2n) is 5.77. The van der Waals surface area contributed by atoms with Crippen LogP contribution in [0.15, 0.2) is 17.1 Å². The number of halogens is 1. The minimum absolute atomic E-state index is 0.0661. The molecule has 1 aromatic heterocycles. The van der Waals surface area contributed by atoms with E-state index in [4.69, 9.17) is 16.3 Å². The molecule has 126 valence electrons. The third kappa shape index (κ3) is 3.27. The van der Waals surface area contributed by atoms with Crippen molar-refractivity contribution >= 4 is 27.5 Å². The Balaban J connectivity index is 1.75. The van der Waals surface area contributed by atoms with Gasteiger partial charge in [-0.2, -0.15) is 0 Å². The van der Waals surface area contributed by atoms with Crippen LogP contribution in [0.2, 0.25) is 5.02 Å². The predicted octanol–water partition coefficient (Wildman–Crippen LogP) is -0.537. The number of carbonyl (C=O) groups excluding carboxylic acids is 1. The summed E-state index contributed by atoms with van der Waals surface area (Å²) in [5, 5.41) is 2.71. The van der Waals surface area contributed by atoms with Crippen LogP contribution in [0.3, 0.4) is 0 Å². The molecule has 0 spiro atoms. The molecule has 3 rings (SSSR count). The van der Waals surface area contributed by atoms with Crippen molar-refractivity contribution in [3.8, 4) is 0 Å². The van der Waals surface area contributed by atoms with E-state index >= 15 is 0 Å². The molecule has 1 aliphatic carbocycles. The van der Waals surface area contributed by atoms with Gasteiger partial charge < -0.3 is 15.0 Å². The Labute approximate surface area is 137 Å². The van der Waals surface area contributed by atoms with Gasteiger partial charge in [0, 0.05) is 18.7 Å². The summed E-state index contributed by atoms with van der Waals surface area (Å²) in [6.45, 7) is 0.536. The lowest BCUT2D eigenvalue weighted by Gasteiger charge is -2.47. The van der Waals surface area contributed by atoms with Crippen molar-refractivity contribution in [2.75, 3.05) is 12.9 Å². The van der Waals surface area contributed by atoms with Gasteiger partial charge in [-0.25, -0.2) is 13.1 Å². The lowest BCUT2D eigenvalue weighted by atomic mass is 9.72. The zero-order chi connectivity index (χ0) is 16.8. The molecule has 2 aliphatic rings. The summed E-state index contributed by atoms with van der Waals surface area (Å²) in [5.41, 5.74) is -0.275. The van der Waals surface area contributed by atoms with Gasteiger partial charge in [0.25, 0.3) is 11.5 Å². The molecule has 2 fully saturated rings. The number of aromatic nitrogens is 1. The molecule has 1 aliphatic heterocycles. The smallest absolute Gasteiger partial charge is 0.266 e. The van der Waals surface area contributed by atoms with Crippen molar-refractivity contribution in [3.05, 3.63) is 33.2 Å². The summed E-state index contributed by atoms with van der Waals surface area (Å²) >= 11 is 5.71. The van der Waals surface area contributed by atoms with Crippen LogP contribution < -0.4 is 15.6 Å². The number of H-pyrrole nitrogens is 1. The molecule has 0 aromatic carbocycles. The van der Waals surface area contributed by atoms with Gasteiger partial charge in [-0.15, -0.1) is 0 Å². The fourth-order valence-corrected chi connectivity index (χ4v) is 4.06. The molecule has 3 N–H and O–H groups in total. The Morgan fingerprint density at radius 1 is 1.43 bits per heavy atom. The Morgan fingerprint density at radius 2 is 2.17 bits per heavy atom. The quantitative estimate of drug-likeness (QED) is 0.666. The highest BCUT2D eigenvalue weighted by atomic mass is 35.5. The van der Waals surface area contributed by atoms with Crippen LogP contribution >= 0.6 is 11.6 Å². The van der Waals surface area contributed by atoms with Crippen molar-refractivity contribution in [1.82, 2.24) is 15.0 Å². The van der Waals surface area contributed by atoms with Crippen LogP contribution in [0, 0.1) is 5.92 Å². The monoisotopic (exact) mass is 361 g/mol. The molecule has 1 amide bonds. The molecule has 10 heteroatoms. The predicted molar refractivity (Wildman–Crippen MR) is 82.9 cm³/mol. The van der Waals surface area contributed by atoms with E-state index in [1.807, 2.05) is 0 Å². The Bertz CT molecular complexity index is 793. The molecular weight excluding hydrogens is 346 g/mol. The van der Waals surface area contributed by atoms with Gasteiger partial charge in [0.15, 0.2) is 0 Å². The molecule has 4 atom stereocenters. The molecule has 0 unspecified atom stereocenters. The van der Waals surface area contributed by atoms with E-state index in [-0.39, 0.29) is 28.6 Å². The summed E-state index contributed by atoms with van der Waals surface area (Å²) < 4.78 is 31.0. The first kappa shape index (κ1) is 16.4. The number of hydrogen-bond donors (Lipinski definition) is 3. The largest absolute Gasteiger partial charge is 0.376 e.